The lowest BCUT2D eigenvalue weighted by molar-refractivity contribution is 1.06. The van der Waals surface area contributed by atoms with Gasteiger partial charge in [0.1, 0.15) is 9.21 Å². The molecule has 5 heteroatoms. The van der Waals surface area contributed by atoms with Crippen LogP contribution < -0.4 is 0 Å². The standard InChI is InChI=1S/C5H3Br3N2/c1-2-10-4(7)3(6)9-5(10)8/h2H,1H2. The summed E-state index contributed by atoms with van der Waals surface area (Å²) in [5, 5.41) is 0. The summed E-state index contributed by atoms with van der Waals surface area (Å²) in [7, 11) is 0. The van der Waals surface area contributed by atoms with Crippen molar-refractivity contribution >= 4 is 54.0 Å². The number of hydrogen-bond donors (Lipinski definition) is 0. The van der Waals surface area contributed by atoms with Crippen molar-refractivity contribution < 1.29 is 0 Å². The molecule has 1 aromatic rings. The molecule has 54 valence electrons. The van der Waals surface area contributed by atoms with Gasteiger partial charge in [0, 0.05) is 6.20 Å². The molecule has 0 unspecified atom stereocenters. The van der Waals surface area contributed by atoms with Crippen molar-refractivity contribution in [1.29, 1.82) is 0 Å². The van der Waals surface area contributed by atoms with Crippen molar-refractivity contribution in [2.24, 2.45) is 0 Å². The molecule has 0 radical (unpaired) electrons. The summed E-state index contributed by atoms with van der Waals surface area (Å²) in [6.45, 7) is 3.61. The fourth-order valence-electron chi connectivity index (χ4n) is 0.517. The van der Waals surface area contributed by atoms with Crippen LogP contribution >= 0.6 is 47.8 Å². The van der Waals surface area contributed by atoms with Gasteiger partial charge in [0.2, 0.25) is 0 Å². The van der Waals surface area contributed by atoms with E-state index in [2.05, 4.69) is 59.4 Å². The van der Waals surface area contributed by atoms with E-state index in [1.807, 2.05) is 0 Å². The first-order chi connectivity index (χ1) is 4.66. The van der Waals surface area contributed by atoms with Gasteiger partial charge in [-0.1, -0.05) is 6.58 Å². The third kappa shape index (κ3) is 1.35. The van der Waals surface area contributed by atoms with Crippen molar-refractivity contribution in [2.45, 2.75) is 0 Å². The predicted molar refractivity (Wildman–Crippen MR) is 51.7 cm³/mol. The highest BCUT2D eigenvalue weighted by Gasteiger charge is 2.07. The molecule has 0 atom stereocenters. The van der Waals surface area contributed by atoms with Crippen molar-refractivity contribution in [2.75, 3.05) is 0 Å². The Morgan fingerprint density at radius 3 is 2.20 bits per heavy atom. The quantitative estimate of drug-likeness (QED) is 0.772. The van der Waals surface area contributed by atoms with E-state index < -0.39 is 0 Å². The van der Waals surface area contributed by atoms with Crippen LogP contribution in [0.5, 0.6) is 0 Å². The molecule has 2 nitrogen and oxygen atoms in total. The van der Waals surface area contributed by atoms with Crippen LogP contribution in [0.2, 0.25) is 0 Å². The molecule has 10 heavy (non-hydrogen) atoms. The molecule has 0 fully saturated rings. The molecule has 0 aliphatic carbocycles. The Kier molecular flexibility index (Phi) is 2.71. The molecule has 0 spiro atoms. The minimum atomic E-state index is 0.723. The summed E-state index contributed by atoms with van der Waals surface area (Å²) in [6.07, 6.45) is 1.66. The van der Waals surface area contributed by atoms with Gasteiger partial charge in [0.25, 0.3) is 0 Å². The highest BCUT2D eigenvalue weighted by atomic mass is 79.9. The van der Waals surface area contributed by atoms with Crippen LogP contribution in [0.4, 0.5) is 0 Å². The first-order valence-electron chi connectivity index (χ1n) is 2.38. The number of halogens is 3. The van der Waals surface area contributed by atoms with E-state index in [4.69, 9.17) is 0 Å². The number of imidazole rings is 1. The van der Waals surface area contributed by atoms with Gasteiger partial charge in [-0.3, -0.25) is 4.57 Å². The molecule has 1 heterocycles. The molecule has 0 amide bonds. The summed E-state index contributed by atoms with van der Waals surface area (Å²) in [5.41, 5.74) is 0. The Hall–Kier alpha value is 0.390. The molecule has 1 aromatic heterocycles. The Labute approximate surface area is 83.7 Å². The Morgan fingerprint density at radius 1 is 1.40 bits per heavy atom. The zero-order chi connectivity index (χ0) is 7.72. The molecule has 0 aromatic carbocycles. The molecule has 0 aliphatic rings. The second kappa shape index (κ2) is 3.19. The maximum absolute atomic E-state index is 4.06. The van der Waals surface area contributed by atoms with Gasteiger partial charge in [0.15, 0.2) is 4.73 Å². The van der Waals surface area contributed by atoms with Gasteiger partial charge in [-0.15, -0.1) is 0 Å². The van der Waals surface area contributed by atoms with E-state index in [1.54, 1.807) is 10.8 Å². The second-order valence-corrected chi connectivity index (χ2v) is 3.73. The summed E-state index contributed by atoms with van der Waals surface area (Å²) in [4.78, 5) is 4.06. The van der Waals surface area contributed by atoms with E-state index in [-0.39, 0.29) is 0 Å². The molecule has 0 aliphatic heterocycles. The van der Waals surface area contributed by atoms with E-state index in [0.717, 1.165) is 13.9 Å². The van der Waals surface area contributed by atoms with Gasteiger partial charge in [0.05, 0.1) is 0 Å². The first kappa shape index (κ1) is 8.49. The molecular formula is C5H3Br3N2. The van der Waals surface area contributed by atoms with Gasteiger partial charge in [-0.05, 0) is 47.8 Å². The van der Waals surface area contributed by atoms with Crippen molar-refractivity contribution in [3.63, 3.8) is 0 Å². The number of hydrogen-bond acceptors (Lipinski definition) is 1. The lowest BCUT2D eigenvalue weighted by atomic mass is 10.8. The smallest absolute Gasteiger partial charge is 0.183 e. The third-order valence-electron chi connectivity index (χ3n) is 0.954. The largest absolute Gasteiger partial charge is 0.288 e. The Bertz CT molecular complexity index is 266. The van der Waals surface area contributed by atoms with Gasteiger partial charge >= 0.3 is 0 Å². The molecule has 0 N–H and O–H groups in total. The summed E-state index contributed by atoms with van der Waals surface area (Å²) >= 11 is 9.81. The minimum Gasteiger partial charge on any atom is -0.288 e. The van der Waals surface area contributed by atoms with Crippen LogP contribution in [-0.2, 0) is 0 Å². The van der Waals surface area contributed by atoms with Crippen LogP contribution in [0.15, 0.2) is 20.5 Å². The fraction of sp³-hybridized carbons (Fsp3) is 0. The highest BCUT2D eigenvalue weighted by Crippen LogP contribution is 2.26. The second-order valence-electron chi connectivity index (χ2n) is 1.52. The SMILES string of the molecule is C=Cn1c(Br)nc(Br)c1Br. The van der Waals surface area contributed by atoms with Crippen LogP contribution in [0.25, 0.3) is 6.20 Å². The van der Waals surface area contributed by atoms with Crippen molar-refractivity contribution in [3.05, 3.63) is 20.5 Å². The third-order valence-corrected chi connectivity index (χ3v) is 3.36. The van der Waals surface area contributed by atoms with Gasteiger partial charge in [-0.2, -0.15) is 0 Å². The fourth-order valence-corrected chi connectivity index (χ4v) is 2.25. The maximum Gasteiger partial charge on any atom is 0.183 e. The predicted octanol–water partition coefficient (Wildman–Crippen LogP) is 3.27. The molecule has 1 rings (SSSR count). The summed E-state index contributed by atoms with van der Waals surface area (Å²) < 4.78 is 4.11. The minimum absolute atomic E-state index is 0.723. The molecule has 0 saturated heterocycles. The van der Waals surface area contributed by atoms with Crippen LogP contribution in [0, 0.1) is 0 Å². The number of aromatic nitrogens is 2. The zero-order valence-electron chi connectivity index (χ0n) is 4.81. The van der Waals surface area contributed by atoms with Gasteiger partial charge in [-0.25, -0.2) is 4.98 Å². The van der Waals surface area contributed by atoms with Crippen molar-refractivity contribution in [1.82, 2.24) is 9.55 Å². The normalized spacial score (nSPS) is 9.90. The average molecular weight is 331 g/mol. The van der Waals surface area contributed by atoms with E-state index in [0.29, 0.717) is 0 Å². The monoisotopic (exact) mass is 328 g/mol. The topological polar surface area (TPSA) is 17.8 Å². The van der Waals surface area contributed by atoms with E-state index in [1.165, 1.54) is 0 Å². The highest BCUT2D eigenvalue weighted by molar-refractivity contribution is 9.13. The lowest BCUT2D eigenvalue weighted by Gasteiger charge is -1.93. The van der Waals surface area contributed by atoms with Crippen LogP contribution in [-0.4, -0.2) is 9.55 Å². The van der Waals surface area contributed by atoms with Crippen molar-refractivity contribution in [3.8, 4) is 0 Å². The summed E-state index contributed by atoms with van der Waals surface area (Å²) in [5.74, 6) is 0. The molecule has 0 bridgehead atoms. The Balaban J connectivity index is 3.33. The molecular weight excluding hydrogens is 328 g/mol. The number of nitrogens with zero attached hydrogens (tertiary/aromatic N) is 2. The summed E-state index contributed by atoms with van der Waals surface area (Å²) in [6, 6.07) is 0. The number of rotatable bonds is 1. The van der Waals surface area contributed by atoms with Gasteiger partial charge < -0.3 is 0 Å². The Morgan fingerprint density at radius 2 is 2.00 bits per heavy atom. The lowest BCUT2D eigenvalue weighted by Crippen LogP contribution is -1.83. The van der Waals surface area contributed by atoms with E-state index in [9.17, 15) is 0 Å². The van der Waals surface area contributed by atoms with Crippen LogP contribution in [0.3, 0.4) is 0 Å². The van der Waals surface area contributed by atoms with E-state index >= 15 is 0 Å². The molecule has 0 saturated carbocycles. The maximum atomic E-state index is 4.06. The zero-order valence-corrected chi connectivity index (χ0v) is 9.57. The average Bonchev–Trinajstić information content (AvgIpc) is 2.09. The van der Waals surface area contributed by atoms with Crippen LogP contribution in [0.1, 0.15) is 0 Å². The first-order valence-corrected chi connectivity index (χ1v) is 4.76.